The molecule has 0 N–H and O–H groups in total. The minimum absolute atomic E-state index is 0.135. The zero-order valence-electron chi connectivity index (χ0n) is 10.5. The molecule has 0 radical (unpaired) electrons. The van der Waals surface area contributed by atoms with Crippen molar-refractivity contribution in [3.63, 3.8) is 0 Å². The fourth-order valence-electron chi connectivity index (χ4n) is 1.59. The first kappa shape index (κ1) is 13.2. The van der Waals surface area contributed by atoms with E-state index in [9.17, 15) is 14.0 Å². The number of carbonyl (C=O) groups is 1. The molecule has 0 saturated heterocycles. The Bertz CT molecular complexity index is 683. The third-order valence-electron chi connectivity index (χ3n) is 2.72. The summed E-state index contributed by atoms with van der Waals surface area (Å²) in [5.74, 6) is -0.938. The first-order chi connectivity index (χ1) is 9.02. The lowest BCUT2D eigenvalue weighted by Crippen LogP contribution is -2.33. The van der Waals surface area contributed by atoms with Gasteiger partial charge in [0.05, 0.1) is 24.3 Å². The molecule has 0 saturated carbocycles. The minimum Gasteiger partial charge on any atom is -0.289 e. The van der Waals surface area contributed by atoms with E-state index in [2.05, 4.69) is 4.98 Å². The van der Waals surface area contributed by atoms with Crippen molar-refractivity contribution in [3.8, 4) is 0 Å². The van der Waals surface area contributed by atoms with Gasteiger partial charge in [-0.15, -0.1) is 0 Å². The van der Waals surface area contributed by atoms with Gasteiger partial charge >= 0.3 is 0 Å². The Balaban J connectivity index is 2.43. The number of fused-ring (bicyclic) bond motifs is 1. The first-order valence-corrected chi connectivity index (χ1v) is 5.48. The molecule has 0 aliphatic heterocycles. The van der Waals surface area contributed by atoms with Crippen molar-refractivity contribution in [2.24, 2.45) is 0 Å². The molecule has 1 aromatic carbocycles. The predicted molar refractivity (Wildman–Crippen MR) is 65.7 cm³/mol. The van der Waals surface area contributed by atoms with Gasteiger partial charge in [0.15, 0.2) is 0 Å². The summed E-state index contributed by atoms with van der Waals surface area (Å²) in [5, 5.41) is 1.14. The number of hydroxylamine groups is 2. The van der Waals surface area contributed by atoms with Gasteiger partial charge < -0.3 is 0 Å². The highest BCUT2D eigenvalue weighted by molar-refractivity contribution is 5.78. The fraction of sp³-hybridized carbons (Fsp3) is 0.250. The highest BCUT2D eigenvalue weighted by atomic mass is 19.1. The molecule has 19 heavy (non-hydrogen) atoms. The summed E-state index contributed by atoms with van der Waals surface area (Å²) in [5.41, 5.74) is -0.0856. The molecule has 1 amide bonds. The number of nitrogens with zero attached hydrogens (tertiary/aromatic N) is 3. The van der Waals surface area contributed by atoms with E-state index in [-0.39, 0.29) is 11.9 Å². The monoisotopic (exact) mass is 265 g/mol. The van der Waals surface area contributed by atoms with Gasteiger partial charge in [-0.1, -0.05) is 0 Å². The quantitative estimate of drug-likeness (QED) is 0.760. The van der Waals surface area contributed by atoms with Crippen LogP contribution in [0.15, 0.2) is 29.3 Å². The van der Waals surface area contributed by atoms with Crippen LogP contribution in [0, 0.1) is 5.82 Å². The molecule has 7 heteroatoms. The van der Waals surface area contributed by atoms with Crippen molar-refractivity contribution in [1.29, 1.82) is 0 Å². The maximum Gasteiger partial charge on any atom is 0.265 e. The largest absolute Gasteiger partial charge is 0.289 e. The molecule has 6 nitrogen and oxygen atoms in total. The maximum absolute atomic E-state index is 13.1. The Kier molecular flexibility index (Phi) is 3.57. The number of likely N-dealkylation sites (N-methyl/N-ethyl adjacent to an activating group) is 1. The zero-order chi connectivity index (χ0) is 14.0. The van der Waals surface area contributed by atoms with Crippen LogP contribution in [0.4, 0.5) is 4.39 Å². The van der Waals surface area contributed by atoms with Crippen molar-refractivity contribution in [1.82, 2.24) is 14.6 Å². The molecule has 0 bridgehead atoms. The third kappa shape index (κ3) is 2.60. The van der Waals surface area contributed by atoms with Crippen molar-refractivity contribution in [2.45, 2.75) is 6.54 Å². The van der Waals surface area contributed by atoms with Gasteiger partial charge in [-0.3, -0.25) is 19.0 Å². The highest BCUT2D eigenvalue weighted by Gasteiger charge is 2.12. The van der Waals surface area contributed by atoms with Crippen LogP contribution in [0.3, 0.4) is 0 Å². The Morgan fingerprint density at radius 1 is 1.53 bits per heavy atom. The molecule has 1 aromatic heterocycles. The van der Waals surface area contributed by atoms with Crippen LogP contribution in [-0.2, 0) is 16.2 Å². The number of rotatable bonds is 3. The molecule has 0 aliphatic carbocycles. The van der Waals surface area contributed by atoms with E-state index >= 15 is 0 Å². The molecule has 1 heterocycles. The Hall–Kier alpha value is -2.28. The number of hydrogen-bond donors (Lipinski definition) is 0. The van der Waals surface area contributed by atoms with Crippen molar-refractivity contribution >= 4 is 16.8 Å². The SMILES string of the molecule is CON(C)C(=O)Cn1cnc2ccc(F)cc2c1=O. The van der Waals surface area contributed by atoms with Crippen LogP contribution in [-0.4, -0.2) is 34.7 Å². The van der Waals surface area contributed by atoms with E-state index in [1.807, 2.05) is 0 Å². The number of aromatic nitrogens is 2. The lowest BCUT2D eigenvalue weighted by atomic mass is 10.2. The Morgan fingerprint density at radius 2 is 2.26 bits per heavy atom. The standard InChI is InChI=1S/C12H12FN3O3/c1-15(19-2)11(17)6-16-7-14-10-4-3-8(13)5-9(10)12(16)18/h3-5,7H,6H2,1-2H3. The normalized spacial score (nSPS) is 10.7. The van der Waals surface area contributed by atoms with Gasteiger partial charge in [-0.05, 0) is 18.2 Å². The van der Waals surface area contributed by atoms with Crippen molar-refractivity contribution in [3.05, 3.63) is 40.7 Å². The Morgan fingerprint density at radius 3 is 2.95 bits per heavy atom. The van der Waals surface area contributed by atoms with Crippen LogP contribution in [0.25, 0.3) is 10.9 Å². The van der Waals surface area contributed by atoms with E-state index in [1.165, 1.54) is 32.6 Å². The van der Waals surface area contributed by atoms with Gasteiger partial charge in [-0.25, -0.2) is 14.4 Å². The number of hydrogen-bond acceptors (Lipinski definition) is 4. The topological polar surface area (TPSA) is 64.4 Å². The summed E-state index contributed by atoms with van der Waals surface area (Å²) in [4.78, 5) is 32.4. The summed E-state index contributed by atoms with van der Waals surface area (Å²) >= 11 is 0. The number of benzene rings is 1. The van der Waals surface area contributed by atoms with E-state index < -0.39 is 17.3 Å². The van der Waals surface area contributed by atoms with E-state index in [0.717, 1.165) is 15.7 Å². The molecule has 0 aliphatic rings. The zero-order valence-corrected chi connectivity index (χ0v) is 10.5. The lowest BCUT2D eigenvalue weighted by Gasteiger charge is -2.14. The molecular formula is C12H12FN3O3. The molecule has 0 unspecified atom stereocenters. The summed E-state index contributed by atoms with van der Waals surface area (Å²) < 4.78 is 14.2. The summed E-state index contributed by atoms with van der Waals surface area (Å²) in [6.07, 6.45) is 1.25. The average molecular weight is 265 g/mol. The molecule has 0 spiro atoms. The molecule has 0 atom stereocenters. The first-order valence-electron chi connectivity index (χ1n) is 5.48. The number of amides is 1. The van der Waals surface area contributed by atoms with Crippen LogP contribution in [0.1, 0.15) is 0 Å². The maximum atomic E-state index is 13.1. The second-order valence-corrected chi connectivity index (χ2v) is 3.91. The van der Waals surface area contributed by atoms with Gasteiger partial charge in [0, 0.05) is 7.05 Å². The number of carbonyl (C=O) groups excluding carboxylic acids is 1. The Labute approximate surface area is 108 Å². The summed E-state index contributed by atoms with van der Waals surface area (Å²) in [7, 11) is 2.77. The van der Waals surface area contributed by atoms with Crippen LogP contribution in [0.2, 0.25) is 0 Å². The second kappa shape index (κ2) is 5.15. The van der Waals surface area contributed by atoms with Crippen LogP contribution in [0.5, 0.6) is 0 Å². The van der Waals surface area contributed by atoms with Gasteiger partial charge in [0.25, 0.3) is 11.5 Å². The van der Waals surface area contributed by atoms with Gasteiger partial charge in [0.1, 0.15) is 12.4 Å². The fourth-order valence-corrected chi connectivity index (χ4v) is 1.59. The summed E-state index contributed by atoms with van der Waals surface area (Å²) in [6, 6.07) is 3.74. The van der Waals surface area contributed by atoms with Crippen molar-refractivity contribution < 1.29 is 14.0 Å². The van der Waals surface area contributed by atoms with Crippen molar-refractivity contribution in [2.75, 3.05) is 14.2 Å². The molecule has 0 fully saturated rings. The highest BCUT2D eigenvalue weighted by Crippen LogP contribution is 2.08. The van der Waals surface area contributed by atoms with Crippen LogP contribution >= 0.6 is 0 Å². The summed E-state index contributed by atoms with van der Waals surface area (Å²) in [6.45, 7) is -0.220. The molecular weight excluding hydrogens is 253 g/mol. The molecule has 2 aromatic rings. The predicted octanol–water partition coefficient (Wildman–Crippen LogP) is 0.555. The minimum atomic E-state index is -0.524. The lowest BCUT2D eigenvalue weighted by molar-refractivity contribution is -0.169. The third-order valence-corrected chi connectivity index (χ3v) is 2.72. The second-order valence-electron chi connectivity index (χ2n) is 3.91. The van der Waals surface area contributed by atoms with E-state index in [1.54, 1.807) is 0 Å². The van der Waals surface area contributed by atoms with Crippen LogP contribution < -0.4 is 5.56 Å². The molecule has 2 rings (SSSR count). The smallest absolute Gasteiger partial charge is 0.265 e. The van der Waals surface area contributed by atoms with E-state index in [0.29, 0.717) is 5.52 Å². The molecule has 100 valence electrons. The van der Waals surface area contributed by atoms with E-state index in [4.69, 9.17) is 4.84 Å². The average Bonchev–Trinajstić information content (AvgIpc) is 2.41. The number of halogens is 1. The van der Waals surface area contributed by atoms with Gasteiger partial charge in [-0.2, -0.15) is 0 Å². The van der Waals surface area contributed by atoms with Gasteiger partial charge in [0.2, 0.25) is 0 Å².